The minimum atomic E-state index is 0.920. The summed E-state index contributed by atoms with van der Waals surface area (Å²) in [5.41, 5.74) is 4.83. The van der Waals surface area contributed by atoms with E-state index in [2.05, 4.69) is 22.1 Å². The summed E-state index contributed by atoms with van der Waals surface area (Å²) in [5, 5.41) is 8.16. The van der Waals surface area contributed by atoms with E-state index >= 15 is 0 Å². The minimum absolute atomic E-state index is 0.920. The Hall–Kier alpha value is -1.03. The largest absolute Gasteiger partial charge is 0.243 e. The van der Waals surface area contributed by atoms with Crippen molar-refractivity contribution in [2.24, 2.45) is 0 Å². The van der Waals surface area contributed by atoms with Crippen molar-refractivity contribution >= 4 is 21.6 Å². The number of hydrogen-bond acceptors (Lipinski definition) is 4. The van der Waals surface area contributed by atoms with Crippen LogP contribution in [0.4, 0.5) is 0 Å². The summed E-state index contributed by atoms with van der Waals surface area (Å²) < 4.78 is 1.19. The first-order chi connectivity index (χ1) is 5.83. The molecule has 12 heavy (non-hydrogen) atoms. The fourth-order valence-corrected chi connectivity index (χ4v) is 2.06. The Balaban J connectivity index is 2.82. The molecule has 0 aliphatic carbocycles. The second-order valence-electron chi connectivity index (χ2n) is 2.62. The third-order valence-electron chi connectivity index (χ3n) is 1.83. The van der Waals surface area contributed by atoms with Crippen LogP contribution in [0.5, 0.6) is 0 Å². The van der Waals surface area contributed by atoms with Gasteiger partial charge >= 0.3 is 0 Å². The van der Waals surface area contributed by atoms with Crippen molar-refractivity contribution in [2.45, 2.75) is 20.3 Å². The Labute approximate surface area is 74.5 Å². The van der Waals surface area contributed by atoms with Crippen LogP contribution in [0.3, 0.4) is 0 Å². The smallest absolute Gasteiger partial charge is 0.106 e. The van der Waals surface area contributed by atoms with Crippen molar-refractivity contribution in [1.29, 1.82) is 0 Å². The molecule has 0 saturated heterocycles. The maximum absolute atomic E-state index is 4.24. The van der Waals surface area contributed by atoms with Gasteiger partial charge in [-0.3, -0.25) is 0 Å². The second-order valence-corrected chi connectivity index (χ2v) is 3.47. The Kier molecular flexibility index (Phi) is 1.77. The maximum Gasteiger partial charge on any atom is 0.106 e. The summed E-state index contributed by atoms with van der Waals surface area (Å²) in [5.74, 6) is 0. The molecule has 0 aliphatic rings. The van der Waals surface area contributed by atoms with Gasteiger partial charge in [0.1, 0.15) is 5.52 Å². The van der Waals surface area contributed by atoms with Crippen LogP contribution >= 0.6 is 11.3 Å². The summed E-state index contributed by atoms with van der Waals surface area (Å²) in [7, 11) is 0. The number of hydrogen-bond donors (Lipinski definition) is 0. The zero-order chi connectivity index (χ0) is 8.55. The molecule has 2 rings (SSSR count). The third-order valence-corrected chi connectivity index (χ3v) is 2.70. The molecule has 2 aromatic heterocycles. The summed E-state index contributed by atoms with van der Waals surface area (Å²) in [4.78, 5) is 4.24. The molecule has 0 spiro atoms. The molecule has 0 radical (unpaired) electrons. The third kappa shape index (κ3) is 0.992. The molecule has 62 valence electrons. The second kappa shape index (κ2) is 2.79. The van der Waals surface area contributed by atoms with Gasteiger partial charge in [0.2, 0.25) is 0 Å². The summed E-state index contributed by atoms with van der Waals surface area (Å²) in [6.45, 7) is 4.02. The molecular formula is C8H9N3S. The lowest BCUT2D eigenvalue weighted by Crippen LogP contribution is -1.94. The van der Waals surface area contributed by atoms with Gasteiger partial charge in [0.25, 0.3) is 0 Å². The monoisotopic (exact) mass is 179 g/mol. The van der Waals surface area contributed by atoms with E-state index in [4.69, 9.17) is 0 Å². The molecule has 4 heteroatoms. The SMILES string of the molecule is CCc1nnc(C)c2ncsc12. The van der Waals surface area contributed by atoms with E-state index in [1.807, 2.05) is 12.4 Å². The Morgan fingerprint density at radius 3 is 3.00 bits per heavy atom. The summed E-state index contributed by atoms with van der Waals surface area (Å²) in [6.07, 6.45) is 0.923. The maximum atomic E-state index is 4.24. The Bertz CT molecular complexity index is 408. The molecule has 0 aromatic carbocycles. The van der Waals surface area contributed by atoms with Crippen molar-refractivity contribution in [3.8, 4) is 0 Å². The van der Waals surface area contributed by atoms with E-state index in [-0.39, 0.29) is 0 Å². The van der Waals surface area contributed by atoms with Gasteiger partial charge in [-0.2, -0.15) is 10.2 Å². The van der Waals surface area contributed by atoms with E-state index in [9.17, 15) is 0 Å². The van der Waals surface area contributed by atoms with Gasteiger partial charge in [-0.15, -0.1) is 11.3 Å². The molecule has 0 N–H and O–H groups in total. The highest BCUT2D eigenvalue weighted by Gasteiger charge is 2.06. The molecule has 0 fully saturated rings. The standard InChI is InChI=1S/C8H9N3S/c1-3-6-8-7(9-4-12-8)5(2)10-11-6/h4H,3H2,1-2H3. The van der Waals surface area contributed by atoms with Crippen LogP contribution in [0.15, 0.2) is 5.51 Å². The minimum Gasteiger partial charge on any atom is -0.243 e. The molecular weight excluding hydrogens is 170 g/mol. The number of aromatic nitrogens is 3. The van der Waals surface area contributed by atoms with Gasteiger partial charge in [0.05, 0.1) is 21.6 Å². The summed E-state index contributed by atoms with van der Waals surface area (Å²) in [6, 6.07) is 0. The lowest BCUT2D eigenvalue weighted by Gasteiger charge is -1.97. The van der Waals surface area contributed by atoms with E-state index in [1.165, 1.54) is 4.70 Å². The molecule has 0 atom stereocenters. The Morgan fingerprint density at radius 2 is 2.25 bits per heavy atom. The molecule has 0 amide bonds. The molecule has 0 saturated carbocycles. The number of aryl methyl sites for hydroxylation is 2. The quantitative estimate of drug-likeness (QED) is 0.671. The van der Waals surface area contributed by atoms with Gasteiger partial charge in [0, 0.05) is 0 Å². The zero-order valence-electron chi connectivity index (χ0n) is 7.03. The van der Waals surface area contributed by atoms with Gasteiger partial charge in [-0.1, -0.05) is 6.92 Å². The van der Waals surface area contributed by atoms with Crippen molar-refractivity contribution in [3.63, 3.8) is 0 Å². The van der Waals surface area contributed by atoms with Crippen molar-refractivity contribution in [1.82, 2.24) is 15.2 Å². The highest BCUT2D eigenvalue weighted by molar-refractivity contribution is 7.16. The molecule has 2 heterocycles. The van der Waals surface area contributed by atoms with E-state index in [1.54, 1.807) is 11.3 Å². The summed E-state index contributed by atoms with van der Waals surface area (Å²) >= 11 is 1.64. The highest BCUT2D eigenvalue weighted by Crippen LogP contribution is 2.21. The van der Waals surface area contributed by atoms with Crippen molar-refractivity contribution < 1.29 is 0 Å². The van der Waals surface area contributed by atoms with E-state index < -0.39 is 0 Å². The van der Waals surface area contributed by atoms with Gasteiger partial charge in [-0.25, -0.2) is 4.98 Å². The first-order valence-electron chi connectivity index (χ1n) is 3.88. The lowest BCUT2D eigenvalue weighted by molar-refractivity contribution is 0.916. The normalized spacial score (nSPS) is 10.8. The van der Waals surface area contributed by atoms with Crippen LogP contribution in [-0.2, 0) is 6.42 Å². The fraction of sp³-hybridized carbons (Fsp3) is 0.375. The fourth-order valence-electron chi connectivity index (χ4n) is 1.17. The van der Waals surface area contributed by atoms with Crippen LogP contribution in [0.2, 0.25) is 0 Å². The first kappa shape index (κ1) is 7.61. The molecule has 2 aromatic rings. The zero-order valence-corrected chi connectivity index (χ0v) is 7.85. The molecule has 0 aliphatic heterocycles. The predicted molar refractivity (Wildman–Crippen MR) is 49.3 cm³/mol. The van der Waals surface area contributed by atoms with Crippen LogP contribution < -0.4 is 0 Å². The topological polar surface area (TPSA) is 38.7 Å². The number of thiazole rings is 1. The van der Waals surface area contributed by atoms with Crippen molar-refractivity contribution in [2.75, 3.05) is 0 Å². The van der Waals surface area contributed by atoms with E-state index in [0.29, 0.717) is 0 Å². The molecule has 0 unspecified atom stereocenters. The Morgan fingerprint density at radius 1 is 1.42 bits per heavy atom. The van der Waals surface area contributed by atoms with Crippen molar-refractivity contribution in [3.05, 3.63) is 16.9 Å². The van der Waals surface area contributed by atoms with Gasteiger partial charge in [-0.05, 0) is 13.3 Å². The van der Waals surface area contributed by atoms with Crippen LogP contribution in [0, 0.1) is 6.92 Å². The molecule has 0 bridgehead atoms. The average Bonchev–Trinajstić information content (AvgIpc) is 2.54. The number of rotatable bonds is 1. The van der Waals surface area contributed by atoms with Crippen LogP contribution in [0.1, 0.15) is 18.3 Å². The predicted octanol–water partition coefficient (Wildman–Crippen LogP) is 1.96. The van der Waals surface area contributed by atoms with Crippen LogP contribution in [0.25, 0.3) is 10.2 Å². The lowest BCUT2D eigenvalue weighted by atomic mass is 10.3. The number of nitrogens with zero attached hydrogens (tertiary/aromatic N) is 3. The average molecular weight is 179 g/mol. The van der Waals surface area contributed by atoms with Crippen LogP contribution in [-0.4, -0.2) is 15.2 Å². The van der Waals surface area contributed by atoms with Gasteiger partial charge in [0.15, 0.2) is 0 Å². The molecule has 3 nitrogen and oxygen atoms in total. The number of fused-ring (bicyclic) bond motifs is 1. The first-order valence-corrected chi connectivity index (χ1v) is 4.76. The van der Waals surface area contributed by atoms with Gasteiger partial charge < -0.3 is 0 Å². The van der Waals surface area contributed by atoms with E-state index in [0.717, 1.165) is 23.3 Å². The highest BCUT2D eigenvalue weighted by atomic mass is 32.1.